The highest BCUT2D eigenvalue weighted by atomic mass is 35.5. The standard InChI is InChI=1S/C27H32ClN7O/c1-18(2)34-16-22-14-21(34)17-35(22)25-5-4-20(13-23(25)28)31-27-29-8-7-24(32-27)19-3-6-26(30-15-19)33-9-11-36-12-10-33/h3-8,13,15,18,21-22H,9-12,14,16-17H2,1-2H3,(H,29,31,32)/t21-,22-/m0/s1. The van der Waals surface area contributed by atoms with Crippen LogP contribution in [-0.2, 0) is 4.74 Å². The van der Waals surface area contributed by atoms with Crippen LogP contribution >= 0.6 is 11.6 Å². The molecule has 3 aliphatic heterocycles. The highest BCUT2D eigenvalue weighted by Crippen LogP contribution is 2.39. The van der Waals surface area contributed by atoms with Gasteiger partial charge in [0.25, 0.3) is 0 Å². The van der Waals surface area contributed by atoms with E-state index in [-0.39, 0.29) is 0 Å². The van der Waals surface area contributed by atoms with E-state index in [9.17, 15) is 0 Å². The van der Waals surface area contributed by atoms with Gasteiger partial charge in [-0.3, -0.25) is 4.90 Å². The first-order valence-electron chi connectivity index (χ1n) is 12.8. The maximum Gasteiger partial charge on any atom is 0.227 e. The Labute approximate surface area is 217 Å². The lowest BCUT2D eigenvalue weighted by atomic mass is 10.2. The monoisotopic (exact) mass is 505 g/mol. The Morgan fingerprint density at radius 1 is 1.03 bits per heavy atom. The summed E-state index contributed by atoms with van der Waals surface area (Å²) in [7, 11) is 0. The summed E-state index contributed by atoms with van der Waals surface area (Å²) in [5, 5.41) is 4.07. The van der Waals surface area contributed by atoms with Crippen LogP contribution in [0.1, 0.15) is 20.3 Å². The van der Waals surface area contributed by atoms with E-state index < -0.39 is 0 Å². The van der Waals surface area contributed by atoms with Gasteiger partial charge in [-0.15, -0.1) is 0 Å². The number of nitrogens with one attached hydrogen (secondary N) is 1. The number of ether oxygens (including phenoxy) is 1. The highest BCUT2D eigenvalue weighted by Gasteiger charge is 2.44. The number of halogens is 1. The minimum absolute atomic E-state index is 0.529. The Morgan fingerprint density at radius 2 is 1.89 bits per heavy atom. The molecule has 36 heavy (non-hydrogen) atoms. The number of likely N-dealkylation sites (tertiary alicyclic amines) is 1. The minimum atomic E-state index is 0.529. The van der Waals surface area contributed by atoms with Gasteiger partial charge in [0.05, 0.1) is 29.6 Å². The quantitative estimate of drug-likeness (QED) is 0.527. The Kier molecular flexibility index (Phi) is 6.41. The third-order valence-corrected chi connectivity index (χ3v) is 7.80. The normalized spacial score (nSPS) is 22.0. The van der Waals surface area contributed by atoms with Gasteiger partial charge in [0, 0.05) is 67.9 Å². The van der Waals surface area contributed by atoms with Gasteiger partial charge in [0.2, 0.25) is 5.95 Å². The van der Waals surface area contributed by atoms with Crippen LogP contribution in [-0.4, -0.2) is 77.4 Å². The van der Waals surface area contributed by atoms with Gasteiger partial charge >= 0.3 is 0 Å². The number of fused-ring (bicyclic) bond motifs is 2. The maximum absolute atomic E-state index is 6.76. The predicted octanol–water partition coefficient (Wildman–Crippen LogP) is 4.44. The number of nitrogens with zero attached hydrogens (tertiary/aromatic N) is 6. The fourth-order valence-electron chi connectivity index (χ4n) is 5.67. The van der Waals surface area contributed by atoms with Gasteiger partial charge < -0.3 is 19.9 Å². The van der Waals surface area contributed by atoms with E-state index in [1.165, 1.54) is 6.42 Å². The molecule has 8 nitrogen and oxygen atoms in total. The topological polar surface area (TPSA) is 69.7 Å². The molecule has 3 aromatic rings. The lowest BCUT2D eigenvalue weighted by molar-refractivity contribution is 0.122. The van der Waals surface area contributed by atoms with Crippen LogP contribution in [0.25, 0.3) is 11.3 Å². The molecule has 0 radical (unpaired) electrons. The third-order valence-electron chi connectivity index (χ3n) is 7.49. The zero-order valence-electron chi connectivity index (χ0n) is 20.8. The molecule has 3 fully saturated rings. The molecule has 0 saturated carbocycles. The largest absolute Gasteiger partial charge is 0.378 e. The fourth-order valence-corrected chi connectivity index (χ4v) is 5.96. The first kappa shape index (κ1) is 23.5. The number of hydrogen-bond acceptors (Lipinski definition) is 8. The first-order valence-corrected chi connectivity index (χ1v) is 13.1. The number of aromatic nitrogens is 3. The number of benzene rings is 1. The fraction of sp³-hybridized carbons (Fsp3) is 0.444. The van der Waals surface area contributed by atoms with Gasteiger partial charge in [0.15, 0.2) is 0 Å². The second-order valence-corrected chi connectivity index (χ2v) is 10.5. The summed E-state index contributed by atoms with van der Waals surface area (Å²) >= 11 is 6.76. The van der Waals surface area contributed by atoms with E-state index in [0.29, 0.717) is 24.1 Å². The minimum Gasteiger partial charge on any atom is -0.378 e. The van der Waals surface area contributed by atoms with Gasteiger partial charge in [-0.1, -0.05) is 11.6 Å². The lowest BCUT2D eigenvalue weighted by Crippen LogP contribution is -2.49. The molecule has 1 aromatic carbocycles. The van der Waals surface area contributed by atoms with Crippen LogP contribution in [0.4, 0.5) is 23.1 Å². The van der Waals surface area contributed by atoms with Crippen molar-refractivity contribution in [2.24, 2.45) is 0 Å². The Hall–Kier alpha value is -2.94. The Bertz CT molecular complexity index is 1210. The zero-order valence-corrected chi connectivity index (χ0v) is 21.5. The highest BCUT2D eigenvalue weighted by molar-refractivity contribution is 6.33. The SMILES string of the molecule is CC(C)N1C[C@@H]2C[C@H]1CN2c1ccc(Nc2nccc(-c3ccc(N4CCOCC4)nc3)n2)cc1Cl. The second kappa shape index (κ2) is 9.84. The van der Waals surface area contributed by atoms with Crippen molar-refractivity contribution >= 4 is 34.7 Å². The molecule has 0 aliphatic carbocycles. The number of pyridine rings is 1. The van der Waals surface area contributed by atoms with Gasteiger partial charge in [-0.05, 0) is 56.7 Å². The summed E-state index contributed by atoms with van der Waals surface area (Å²) < 4.78 is 5.43. The summed E-state index contributed by atoms with van der Waals surface area (Å²) in [5.74, 6) is 1.49. The Balaban J connectivity index is 1.14. The van der Waals surface area contributed by atoms with Crippen molar-refractivity contribution in [3.8, 4) is 11.3 Å². The van der Waals surface area contributed by atoms with Gasteiger partial charge in [-0.25, -0.2) is 15.0 Å². The van der Waals surface area contributed by atoms with E-state index in [4.69, 9.17) is 21.3 Å². The molecule has 0 unspecified atom stereocenters. The molecule has 3 saturated heterocycles. The maximum atomic E-state index is 6.76. The van der Waals surface area contributed by atoms with Gasteiger partial charge in [0.1, 0.15) is 5.82 Å². The molecule has 6 rings (SSSR count). The molecular weight excluding hydrogens is 474 g/mol. The Morgan fingerprint density at radius 3 is 2.58 bits per heavy atom. The molecule has 3 aliphatic rings. The average molecular weight is 506 g/mol. The van der Waals surface area contributed by atoms with Crippen LogP contribution < -0.4 is 15.1 Å². The molecule has 188 valence electrons. The number of rotatable bonds is 6. The summed E-state index contributed by atoms with van der Waals surface area (Å²) in [6.07, 6.45) is 4.85. The van der Waals surface area contributed by atoms with Crippen LogP contribution in [0.15, 0.2) is 48.8 Å². The molecular formula is C27H32ClN7O. The molecule has 0 spiro atoms. The van der Waals surface area contributed by atoms with E-state index in [2.05, 4.69) is 62.0 Å². The van der Waals surface area contributed by atoms with Crippen molar-refractivity contribution in [2.75, 3.05) is 54.5 Å². The van der Waals surface area contributed by atoms with Crippen molar-refractivity contribution in [3.05, 3.63) is 53.8 Å². The molecule has 5 heterocycles. The third kappa shape index (κ3) is 4.61. The van der Waals surface area contributed by atoms with Crippen molar-refractivity contribution in [1.82, 2.24) is 19.9 Å². The average Bonchev–Trinajstić information content (AvgIpc) is 3.51. The van der Waals surface area contributed by atoms with E-state index in [1.54, 1.807) is 6.20 Å². The lowest BCUT2D eigenvalue weighted by Gasteiger charge is -2.38. The van der Waals surface area contributed by atoms with Crippen LogP contribution in [0.2, 0.25) is 5.02 Å². The molecule has 1 N–H and O–H groups in total. The van der Waals surface area contributed by atoms with E-state index in [1.807, 2.05) is 24.4 Å². The van der Waals surface area contributed by atoms with Crippen LogP contribution in [0.3, 0.4) is 0 Å². The number of piperazine rings is 1. The number of hydrogen-bond donors (Lipinski definition) is 1. The van der Waals surface area contributed by atoms with Crippen LogP contribution in [0, 0.1) is 0 Å². The molecule has 2 bridgehead atoms. The summed E-state index contributed by atoms with van der Waals surface area (Å²) in [5.41, 5.74) is 3.75. The van der Waals surface area contributed by atoms with Crippen molar-refractivity contribution in [1.29, 1.82) is 0 Å². The van der Waals surface area contributed by atoms with Crippen LogP contribution in [0.5, 0.6) is 0 Å². The van der Waals surface area contributed by atoms with E-state index >= 15 is 0 Å². The summed E-state index contributed by atoms with van der Waals surface area (Å²) in [6, 6.07) is 13.9. The first-order chi connectivity index (χ1) is 17.5. The van der Waals surface area contributed by atoms with Gasteiger partial charge in [-0.2, -0.15) is 0 Å². The van der Waals surface area contributed by atoms with Crippen molar-refractivity contribution in [2.45, 2.75) is 38.4 Å². The molecule has 2 atom stereocenters. The predicted molar refractivity (Wildman–Crippen MR) is 144 cm³/mol. The van der Waals surface area contributed by atoms with Crippen molar-refractivity contribution in [3.63, 3.8) is 0 Å². The zero-order chi connectivity index (χ0) is 24.6. The molecule has 9 heteroatoms. The molecule has 2 aromatic heterocycles. The summed E-state index contributed by atoms with van der Waals surface area (Å²) in [4.78, 5) is 21.1. The second-order valence-electron chi connectivity index (χ2n) is 10.0. The molecule has 0 amide bonds. The number of anilines is 4. The van der Waals surface area contributed by atoms with Crippen molar-refractivity contribution < 1.29 is 4.74 Å². The number of morpholine rings is 1. The smallest absolute Gasteiger partial charge is 0.227 e. The van der Waals surface area contributed by atoms with E-state index in [0.717, 1.165) is 72.9 Å². The summed E-state index contributed by atoms with van der Waals surface area (Å²) in [6.45, 7) is 9.94.